The van der Waals surface area contributed by atoms with E-state index in [2.05, 4.69) is 0 Å². The van der Waals surface area contributed by atoms with Gasteiger partial charge in [0.2, 0.25) is 11.8 Å². The smallest absolute Gasteiger partial charge is 0.233 e. The van der Waals surface area contributed by atoms with Gasteiger partial charge in [-0.25, -0.2) is 4.39 Å². The molecule has 5 heteroatoms. The van der Waals surface area contributed by atoms with Gasteiger partial charge in [0.05, 0.1) is 24.7 Å². The summed E-state index contributed by atoms with van der Waals surface area (Å²) in [6, 6.07) is 0. The normalized spacial score (nSPS) is 29.8. The summed E-state index contributed by atoms with van der Waals surface area (Å²) in [5, 5.41) is 0. The first kappa shape index (κ1) is 12.2. The van der Waals surface area contributed by atoms with Crippen molar-refractivity contribution in [2.24, 2.45) is 17.6 Å². The monoisotopic (exact) mass is 240 g/mol. The van der Waals surface area contributed by atoms with E-state index in [0.717, 1.165) is 25.7 Å². The van der Waals surface area contributed by atoms with Crippen molar-refractivity contribution in [1.29, 1.82) is 0 Å². The van der Waals surface area contributed by atoms with Gasteiger partial charge in [-0.15, -0.1) is 0 Å². The van der Waals surface area contributed by atoms with Crippen molar-refractivity contribution in [1.82, 2.24) is 4.90 Å². The predicted octanol–water partition coefficient (Wildman–Crippen LogP) is 0.974. The van der Waals surface area contributed by atoms with Crippen molar-refractivity contribution in [3.05, 3.63) is 11.9 Å². The third-order valence-electron chi connectivity index (χ3n) is 3.71. The van der Waals surface area contributed by atoms with E-state index in [1.54, 1.807) is 0 Å². The van der Waals surface area contributed by atoms with Crippen LogP contribution < -0.4 is 5.73 Å². The summed E-state index contributed by atoms with van der Waals surface area (Å²) in [7, 11) is 0. The van der Waals surface area contributed by atoms with Crippen molar-refractivity contribution >= 4 is 11.8 Å². The van der Waals surface area contributed by atoms with Crippen molar-refractivity contribution in [2.75, 3.05) is 13.1 Å². The van der Waals surface area contributed by atoms with Crippen molar-refractivity contribution < 1.29 is 14.0 Å². The molecule has 1 aliphatic carbocycles. The molecule has 4 nitrogen and oxygen atoms in total. The lowest BCUT2D eigenvalue weighted by molar-refractivity contribution is -0.139. The summed E-state index contributed by atoms with van der Waals surface area (Å²) in [4.78, 5) is 25.2. The van der Waals surface area contributed by atoms with Crippen LogP contribution in [-0.4, -0.2) is 29.8 Å². The average Bonchev–Trinajstić information content (AvgIpc) is 2.61. The second-order valence-electron chi connectivity index (χ2n) is 4.73. The molecule has 1 aliphatic heterocycles. The fourth-order valence-electron chi connectivity index (χ4n) is 2.73. The number of amides is 2. The summed E-state index contributed by atoms with van der Waals surface area (Å²) in [6.45, 7) is 0.0422. The Hall–Kier alpha value is -1.23. The highest BCUT2D eigenvalue weighted by Crippen LogP contribution is 2.38. The molecule has 94 valence electrons. The first-order valence-corrected chi connectivity index (χ1v) is 6.02. The molecule has 1 saturated carbocycles. The van der Waals surface area contributed by atoms with Crippen LogP contribution in [0, 0.1) is 11.8 Å². The second-order valence-corrected chi connectivity index (χ2v) is 4.73. The number of carbonyl (C=O) groups is 2. The van der Waals surface area contributed by atoms with Crippen LogP contribution in [0.25, 0.3) is 0 Å². The maximum absolute atomic E-state index is 12.4. The number of rotatable bonds is 3. The molecule has 0 bridgehead atoms. The fourth-order valence-corrected chi connectivity index (χ4v) is 2.73. The molecule has 2 amide bonds. The van der Waals surface area contributed by atoms with E-state index in [4.69, 9.17) is 5.73 Å². The minimum Gasteiger partial charge on any atom is -0.327 e. The van der Waals surface area contributed by atoms with E-state index in [1.165, 1.54) is 4.90 Å². The van der Waals surface area contributed by atoms with Crippen LogP contribution in [-0.2, 0) is 9.59 Å². The summed E-state index contributed by atoms with van der Waals surface area (Å²) >= 11 is 0. The van der Waals surface area contributed by atoms with Gasteiger partial charge in [-0.1, -0.05) is 12.8 Å². The molecule has 0 aromatic rings. The van der Waals surface area contributed by atoms with Crippen LogP contribution in [0.2, 0.25) is 0 Å². The van der Waals surface area contributed by atoms with E-state index in [-0.39, 0.29) is 42.3 Å². The first-order chi connectivity index (χ1) is 8.19. The van der Waals surface area contributed by atoms with Crippen LogP contribution in [0.3, 0.4) is 0 Å². The highest BCUT2D eigenvalue weighted by molar-refractivity contribution is 6.05. The van der Waals surface area contributed by atoms with Crippen molar-refractivity contribution in [2.45, 2.75) is 25.7 Å². The summed E-state index contributed by atoms with van der Waals surface area (Å²) in [5.41, 5.74) is 5.62. The zero-order chi connectivity index (χ0) is 12.4. The van der Waals surface area contributed by atoms with E-state index in [0.29, 0.717) is 6.33 Å². The molecule has 2 N–H and O–H groups in total. The topological polar surface area (TPSA) is 63.4 Å². The summed E-state index contributed by atoms with van der Waals surface area (Å²) in [5.74, 6) is -0.634. The maximum atomic E-state index is 12.4. The Morgan fingerprint density at radius 3 is 2.24 bits per heavy atom. The molecule has 2 atom stereocenters. The van der Waals surface area contributed by atoms with Gasteiger partial charge < -0.3 is 5.73 Å². The molecule has 2 fully saturated rings. The Morgan fingerprint density at radius 1 is 1.29 bits per heavy atom. The van der Waals surface area contributed by atoms with Gasteiger partial charge in [-0.05, 0) is 18.4 Å². The number of nitrogens with two attached hydrogens (primary N) is 1. The second kappa shape index (κ2) is 4.96. The van der Waals surface area contributed by atoms with Gasteiger partial charge in [-0.3, -0.25) is 14.5 Å². The number of halogens is 1. The Morgan fingerprint density at radius 2 is 1.82 bits per heavy atom. The molecular weight excluding hydrogens is 223 g/mol. The van der Waals surface area contributed by atoms with Gasteiger partial charge in [0, 0.05) is 6.54 Å². The molecule has 17 heavy (non-hydrogen) atoms. The molecule has 1 heterocycles. The molecule has 2 rings (SSSR count). The average molecular weight is 240 g/mol. The number of likely N-dealkylation sites (tertiary alicyclic amines) is 1. The van der Waals surface area contributed by atoms with E-state index in [9.17, 15) is 14.0 Å². The van der Waals surface area contributed by atoms with Crippen LogP contribution in [0.15, 0.2) is 11.9 Å². The number of fused-ring (bicyclic) bond motifs is 1. The zero-order valence-electron chi connectivity index (χ0n) is 9.69. The Kier molecular flexibility index (Phi) is 3.57. The van der Waals surface area contributed by atoms with Crippen LogP contribution in [0.5, 0.6) is 0 Å². The highest BCUT2D eigenvalue weighted by atomic mass is 19.1. The number of hydrogen-bond donors (Lipinski definition) is 1. The van der Waals surface area contributed by atoms with Gasteiger partial charge >= 0.3 is 0 Å². The summed E-state index contributed by atoms with van der Waals surface area (Å²) < 4.78 is 12.4. The minimum absolute atomic E-state index is 0.0116. The van der Waals surface area contributed by atoms with Gasteiger partial charge in [0.1, 0.15) is 0 Å². The van der Waals surface area contributed by atoms with E-state index >= 15 is 0 Å². The standard InChI is InChI=1S/C12H17FN2O2/c13-5-8(6-14)7-15-11(16)9-3-1-2-4-10(9)12(15)17/h5,9-10H,1-4,6-7,14H2/b8-5-. The number of imide groups is 1. The molecule has 2 aliphatic rings. The Bertz CT molecular complexity index is 344. The summed E-state index contributed by atoms with van der Waals surface area (Å²) in [6.07, 6.45) is 3.95. The third kappa shape index (κ3) is 2.11. The maximum Gasteiger partial charge on any atom is 0.233 e. The fraction of sp³-hybridized carbons (Fsp3) is 0.667. The third-order valence-corrected chi connectivity index (χ3v) is 3.71. The van der Waals surface area contributed by atoms with Crippen LogP contribution in [0.1, 0.15) is 25.7 Å². The lowest BCUT2D eigenvalue weighted by Gasteiger charge is -2.19. The largest absolute Gasteiger partial charge is 0.327 e. The molecule has 2 unspecified atom stereocenters. The predicted molar refractivity (Wildman–Crippen MR) is 60.4 cm³/mol. The number of carbonyl (C=O) groups excluding carboxylic acids is 2. The van der Waals surface area contributed by atoms with Crippen molar-refractivity contribution in [3.8, 4) is 0 Å². The number of nitrogens with zero attached hydrogens (tertiary/aromatic N) is 1. The molecule has 0 aromatic heterocycles. The molecule has 1 saturated heterocycles. The van der Waals surface area contributed by atoms with Crippen LogP contribution in [0.4, 0.5) is 4.39 Å². The number of hydrogen-bond acceptors (Lipinski definition) is 3. The van der Waals surface area contributed by atoms with Gasteiger partial charge in [-0.2, -0.15) is 0 Å². The van der Waals surface area contributed by atoms with E-state index in [1.807, 2.05) is 0 Å². The van der Waals surface area contributed by atoms with Crippen LogP contribution >= 0.6 is 0 Å². The quantitative estimate of drug-likeness (QED) is 0.748. The minimum atomic E-state index is -0.171. The SMILES string of the molecule is NC/C(=C/F)CN1C(=O)C2CCCCC2C1=O. The van der Waals surface area contributed by atoms with E-state index < -0.39 is 0 Å². The molecular formula is C12H17FN2O2. The molecule has 0 radical (unpaired) electrons. The molecule has 0 aromatic carbocycles. The van der Waals surface area contributed by atoms with Gasteiger partial charge in [0.15, 0.2) is 0 Å². The first-order valence-electron chi connectivity index (χ1n) is 6.02. The lowest BCUT2D eigenvalue weighted by atomic mass is 9.81. The Balaban J connectivity index is 2.13. The lowest BCUT2D eigenvalue weighted by Crippen LogP contribution is -2.34. The molecule has 0 spiro atoms. The van der Waals surface area contributed by atoms with Crippen molar-refractivity contribution in [3.63, 3.8) is 0 Å². The zero-order valence-corrected chi connectivity index (χ0v) is 9.69. The highest BCUT2D eigenvalue weighted by Gasteiger charge is 2.47. The van der Waals surface area contributed by atoms with Gasteiger partial charge in [0.25, 0.3) is 0 Å². The Labute approximate surface area is 99.6 Å².